The zero-order chi connectivity index (χ0) is 43.5. The molecule has 6 atom stereocenters. The lowest BCUT2D eigenvalue weighted by molar-refractivity contribution is -0.156. The minimum atomic E-state index is -1.52. The van der Waals surface area contributed by atoms with Crippen molar-refractivity contribution in [1.82, 2.24) is 30.2 Å². The van der Waals surface area contributed by atoms with Crippen molar-refractivity contribution in [1.29, 1.82) is 0 Å². The van der Waals surface area contributed by atoms with Gasteiger partial charge in [0.1, 0.15) is 42.5 Å². The Kier molecular flexibility index (Phi) is 15.5. The molecule has 18 heteroatoms. The normalized spacial score (nSPS) is 24.2. The molecule has 3 heterocycles. The molecule has 3 aliphatic heterocycles. The predicted octanol–water partition coefficient (Wildman–Crippen LogP) is 0.998. The number of rotatable bonds is 11. The Morgan fingerprint density at radius 3 is 2.32 bits per heavy atom. The average molecular weight is 831 g/mol. The maximum absolute atomic E-state index is 14.5. The van der Waals surface area contributed by atoms with Crippen LogP contribution in [0.25, 0.3) is 0 Å². The number of ether oxygens (including phenoxy) is 2. The third-order valence-corrected chi connectivity index (χ3v) is 10.6. The summed E-state index contributed by atoms with van der Waals surface area (Å²) in [6, 6.07) is 10.6. The van der Waals surface area contributed by atoms with Crippen molar-refractivity contribution in [3.05, 3.63) is 66.2 Å². The van der Waals surface area contributed by atoms with Gasteiger partial charge in [0.25, 0.3) is 11.8 Å². The first-order valence-corrected chi connectivity index (χ1v) is 20.0. The Labute approximate surface area is 349 Å². The third-order valence-electron chi connectivity index (χ3n) is 10.6. The molecule has 0 bridgehead atoms. The van der Waals surface area contributed by atoms with Crippen LogP contribution in [0.3, 0.4) is 0 Å². The predicted molar refractivity (Wildman–Crippen MR) is 218 cm³/mol. The average Bonchev–Trinajstić information content (AvgIpc) is 3.87. The molecule has 0 aromatic heterocycles. The molecule has 2 saturated heterocycles. The fraction of sp³-hybridized carbons (Fsp3) is 0.500. The molecule has 18 nitrogen and oxygen atoms in total. The van der Waals surface area contributed by atoms with Gasteiger partial charge in [-0.15, -0.1) is 0 Å². The molecule has 3 aliphatic rings. The molecule has 2 aromatic rings. The number of hydrogen-bond donors (Lipinski definition) is 3. The van der Waals surface area contributed by atoms with Crippen molar-refractivity contribution in [2.45, 2.75) is 76.2 Å². The van der Waals surface area contributed by atoms with E-state index < -0.39 is 84.3 Å². The first-order valence-electron chi connectivity index (χ1n) is 20.0. The van der Waals surface area contributed by atoms with Crippen LogP contribution in [-0.4, -0.2) is 157 Å². The van der Waals surface area contributed by atoms with E-state index in [1.54, 1.807) is 79.7 Å². The van der Waals surface area contributed by atoms with Crippen LogP contribution in [0.2, 0.25) is 0 Å². The molecule has 3 N–H and O–H groups in total. The summed E-state index contributed by atoms with van der Waals surface area (Å²) in [6.45, 7) is 2.53. The molecule has 0 unspecified atom stereocenters. The minimum Gasteiger partial charge on any atom is -0.465 e. The Hall–Kier alpha value is -6.17. The summed E-state index contributed by atoms with van der Waals surface area (Å²) in [5.41, 5.74) is 0.968. The van der Waals surface area contributed by atoms with E-state index in [9.17, 15) is 38.4 Å². The number of fused-ring (bicyclic) bond motifs is 2. The van der Waals surface area contributed by atoms with Crippen molar-refractivity contribution < 1.29 is 47.8 Å². The number of likely N-dealkylation sites (N-methyl/N-ethyl adjacent to an activating group) is 2. The van der Waals surface area contributed by atoms with Crippen LogP contribution >= 0.6 is 0 Å². The number of aliphatic imine (C=N–C) groups is 1. The number of para-hydroxylation sites is 1. The number of benzene rings is 2. The van der Waals surface area contributed by atoms with E-state index in [0.717, 1.165) is 4.90 Å². The van der Waals surface area contributed by atoms with Crippen molar-refractivity contribution in [3.8, 4) is 0 Å². The van der Waals surface area contributed by atoms with E-state index in [1.165, 1.54) is 23.8 Å². The summed E-state index contributed by atoms with van der Waals surface area (Å²) in [5.74, 6) is -5.20. The molecule has 60 heavy (non-hydrogen) atoms. The van der Waals surface area contributed by atoms with Gasteiger partial charge in [-0.05, 0) is 63.9 Å². The molecule has 322 valence electrons. The number of nitrogens with one attached hydrogen (secondary N) is 3. The number of esters is 2. The highest BCUT2D eigenvalue weighted by molar-refractivity contribution is 6.39. The van der Waals surface area contributed by atoms with Gasteiger partial charge in [0.05, 0.1) is 13.2 Å². The SMILES string of the molecule is C/C1=N\C(=O)[C@H](CCOC(=O)CN(C)C)N(C)C(=O)[C@@H]2CCCN2C(=O)[C@@H](NC(=O)[C@H](Cc2ccccc2)NC(=O)Nc2ccccc2)COC(=O)[C@@H]2C[C@@H](C)CN2C1=O. The number of carbonyl (C=O) groups excluding carboxylic acids is 8. The second-order valence-corrected chi connectivity index (χ2v) is 15.6. The number of urea groups is 1. The molecule has 0 radical (unpaired) electrons. The number of hydrogen-bond acceptors (Lipinski definition) is 11. The minimum absolute atomic E-state index is 0.0161. The number of amides is 7. The van der Waals surface area contributed by atoms with Crippen LogP contribution < -0.4 is 16.0 Å². The second kappa shape index (κ2) is 20.7. The van der Waals surface area contributed by atoms with E-state index in [2.05, 4.69) is 20.9 Å². The lowest BCUT2D eigenvalue weighted by atomic mass is 10.0. The summed E-state index contributed by atoms with van der Waals surface area (Å²) in [7, 11) is 4.76. The number of nitrogens with zero attached hydrogens (tertiary/aromatic N) is 5. The quantitative estimate of drug-likeness (QED) is 0.272. The molecular weight excluding hydrogens is 777 g/mol. The zero-order valence-electron chi connectivity index (χ0n) is 34.6. The molecule has 2 fully saturated rings. The van der Waals surface area contributed by atoms with Crippen LogP contribution in [0.1, 0.15) is 45.1 Å². The van der Waals surface area contributed by atoms with Crippen LogP contribution in [0.5, 0.6) is 0 Å². The van der Waals surface area contributed by atoms with E-state index >= 15 is 0 Å². The number of carbonyl (C=O) groups is 8. The maximum atomic E-state index is 14.5. The molecule has 0 spiro atoms. The Morgan fingerprint density at radius 2 is 1.63 bits per heavy atom. The largest absolute Gasteiger partial charge is 0.465 e. The van der Waals surface area contributed by atoms with Gasteiger partial charge >= 0.3 is 18.0 Å². The van der Waals surface area contributed by atoms with Crippen LogP contribution in [-0.2, 0) is 49.5 Å². The molecule has 0 saturated carbocycles. The first kappa shape index (κ1) is 44.9. The smallest absolute Gasteiger partial charge is 0.328 e. The number of anilines is 1. The second-order valence-electron chi connectivity index (χ2n) is 15.6. The number of cyclic esters (lactones) is 1. The third kappa shape index (κ3) is 11.7. The fourth-order valence-corrected chi connectivity index (χ4v) is 7.55. The summed E-state index contributed by atoms with van der Waals surface area (Å²) in [5, 5.41) is 8.08. The lowest BCUT2D eigenvalue weighted by Crippen LogP contribution is -2.59. The van der Waals surface area contributed by atoms with Gasteiger partial charge in [-0.25, -0.2) is 14.6 Å². The van der Waals surface area contributed by atoms with E-state index in [0.29, 0.717) is 17.7 Å². The van der Waals surface area contributed by atoms with Gasteiger partial charge < -0.3 is 40.1 Å². The Morgan fingerprint density at radius 1 is 0.950 bits per heavy atom. The lowest BCUT2D eigenvalue weighted by Gasteiger charge is -2.34. The van der Waals surface area contributed by atoms with Crippen molar-refractivity contribution in [2.75, 3.05) is 59.3 Å². The highest BCUT2D eigenvalue weighted by Crippen LogP contribution is 2.26. The van der Waals surface area contributed by atoms with E-state index in [4.69, 9.17) is 9.47 Å². The van der Waals surface area contributed by atoms with Crippen LogP contribution in [0.4, 0.5) is 10.5 Å². The standard InChI is InChI=1S/C42H54N8O10/c1-26-21-34-41(57)60-25-31(45-36(52)30(22-28-13-8-6-9-14-28)46-42(58)44-29-15-10-7-11-16-29)39(55)49-19-12-17-33(49)40(56)48(5)32(18-20-59-35(51)24-47(3)4)37(53)43-27(2)38(54)50(34)23-26/h6-11,13-16,26,30-34H,12,17-25H2,1-5H3,(H,45,52)(H2,44,46,58)/b43-27+/t26-,30+,31+,32+,33+,34+/m1/s1. The van der Waals surface area contributed by atoms with Crippen molar-refractivity contribution in [2.24, 2.45) is 10.9 Å². The van der Waals surface area contributed by atoms with Gasteiger partial charge in [-0.1, -0.05) is 55.5 Å². The fourth-order valence-electron chi connectivity index (χ4n) is 7.55. The molecule has 2 aromatic carbocycles. The maximum Gasteiger partial charge on any atom is 0.328 e. The molecule has 5 rings (SSSR count). The monoisotopic (exact) mass is 830 g/mol. The first-order chi connectivity index (χ1) is 28.6. The molecule has 0 aliphatic carbocycles. The van der Waals surface area contributed by atoms with Gasteiger partial charge in [0.2, 0.25) is 17.7 Å². The van der Waals surface area contributed by atoms with Crippen molar-refractivity contribution >= 4 is 58.9 Å². The van der Waals surface area contributed by atoms with Gasteiger partial charge in [-0.2, -0.15) is 0 Å². The molecular formula is C42H54N8O10. The van der Waals surface area contributed by atoms with E-state index in [1.807, 2.05) is 6.92 Å². The van der Waals surface area contributed by atoms with Crippen LogP contribution in [0, 0.1) is 5.92 Å². The Balaban J connectivity index is 1.46. The zero-order valence-corrected chi connectivity index (χ0v) is 34.6. The topological polar surface area (TPSA) is 216 Å². The van der Waals surface area contributed by atoms with Gasteiger partial charge in [0, 0.05) is 38.7 Å². The highest BCUT2D eigenvalue weighted by atomic mass is 16.5. The van der Waals surface area contributed by atoms with Crippen molar-refractivity contribution in [3.63, 3.8) is 0 Å². The highest BCUT2D eigenvalue weighted by Gasteiger charge is 2.44. The van der Waals surface area contributed by atoms with Gasteiger partial charge in [-0.3, -0.25) is 33.7 Å². The summed E-state index contributed by atoms with van der Waals surface area (Å²) >= 11 is 0. The summed E-state index contributed by atoms with van der Waals surface area (Å²) in [6.07, 6.45) is 0.705. The van der Waals surface area contributed by atoms with Crippen LogP contribution in [0.15, 0.2) is 65.7 Å². The Bertz CT molecular complexity index is 1940. The summed E-state index contributed by atoms with van der Waals surface area (Å²) < 4.78 is 11.1. The summed E-state index contributed by atoms with van der Waals surface area (Å²) in [4.78, 5) is 119. The van der Waals surface area contributed by atoms with E-state index in [-0.39, 0.29) is 63.6 Å². The molecule has 7 amide bonds. The van der Waals surface area contributed by atoms with Gasteiger partial charge in [0.15, 0.2) is 0 Å².